The molecule has 0 aliphatic carbocycles. The first-order chi connectivity index (χ1) is 7.65. The van der Waals surface area contributed by atoms with Crippen LogP contribution in [0.2, 0.25) is 0 Å². The smallest absolute Gasteiger partial charge is 0.0932 e. The largest absolute Gasteiger partial charge is 0.393 e. The zero-order valence-corrected chi connectivity index (χ0v) is 10.4. The van der Waals surface area contributed by atoms with Crippen LogP contribution in [0.25, 0.3) is 0 Å². The number of aliphatic hydroxyl groups excluding tert-OH is 1. The lowest BCUT2D eigenvalue weighted by Gasteiger charge is -2.31. The quantitative estimate of drug-likeness (QED) is 0.777. The monoisotopic (exact) mass is 228 g/mol. The third-order valence-corrected chi connectivity index (χ3v) is 3.63. The molecule has 0 aromatic carbocycles. The van der Waals surface area contributed by atoms with E-state index in [1.165, 1.54) is 0 Å². The highest BCUT2D eigenvalue weighted by Crippen LogP contribution is 2.18. The molecule has 1 atom stereocenters. The van der Waals surface area contributed by atoms with Crippen molar-refractivity contribution < 1.29 is 9.94 Å². The number of aliphatic hydroxyl groups is 1. The summed E-state index contributed by atoms with van der Waals surface area (Å²) < 4.78 is 0. The minimum absolute atomic E-state index is 0.115. The van der Waals surface area contributed by atoms with Crippen LogP contribution in [0.3, 0.4) is 0 Å². The van der Waals surface area contributed by atoms with Gasteiger partial charge in [-0.3, -0.25) is 9.74 Å². The average Bonchev–Trinajstić information content (AvgIpc) is 2.70. The first kappa shape index (κ1) is 12.3. The molecule has 2 aliphatic rings. The van der Waals surface area contributed by atoms with E-state index in [-0.39, 0.29) is 6.10 Å². The molecule has 1 unspecified atom stereocenters. The summed E-state index contributed by atoms with van der Waals surface area (Å²) in [6, 6.07) is 0.622. The molecule has 0 bridgehead atoms. The Morgan fingerprint density at radius 2 is 1.81 bits per heavy atom. The molecule has 0 spiro atoms. The SMILES string of the molecule is CC(C)N1CCC(ON2CCC(O)CC2)C1. The second-order valence-corrected chi connectivity index (χ2v) is 5.26. The molecule has 2 fully saturated rings. The van der Waals surface area contributed by atoms with Gasteiger partial charge in [0, 0.05) is 32.2 Å². The van der Waals surface area contributed by atoms with Crippen LogP contribution in [-0.4, -0.2) is 59.5 Å². The van der Waals surface area contributed by atoms with Gasteiger partial charge < -0.3 is 5.11 Å². The maximum absolute atomic E-state index is 9.41. The molecule has 0 radical (unpaired) electrons. The van der Waals surface area contributed by atoms with Crippen molar-refractivity contribution in [3.8, 4) is 0 Å². The third kappa shape index (κ3) is 3.17. The molecule has 0 aromatic rings. The van der Waals surface area contributed by atoms with Gasteiger partial charge in [-0.25, -0.2) is 0 Å². The summed E-state index contributed by atoms with van der Waals surface area (Å²) >= 11 is 0. The van der Waals surface area contributed by atoms with Gasteiger partial charge >= 0.3 is 0 Å². The molecule has 94 valence electrons. The van der Waals surface area contributed by atoms with E-state index in [9.17, 15) is 5.11 Å². The number of likely N-dealkylation sites (tertiary alicyclic amines) is 1. The highest BCUT2D eigenvalue weighted by molar-refractivity contribution is 4.78. The lowest BCUT2D eigenvalue weighted by atomic mass is 10.1. The Morgan fingerprint density at radius 1 is 1.12 bits per heavy atom. The second kappa shape index (κ2) is 5.45. The van der Waals surface area contributed by atoms with Gasteiger partial charge in [0.25, 0.3) is 0 Å². The lowest BCUT2D eigenvalue weighted by Crippen LogP contribution is -2.39. The Labute approximate surface area is 98.1 Å². The van der Waals surface area contributed by atoms with E-state index in [0.717, 1.165) is 45.4 Å². The molecule has 4 heteroatoms. The second-order valence-electron chi connectivity index (χ2n) is 5.26. The van der Waals surface area contributed by atoms with Crippen molar-refractivity contribution in [1.29, 1.82) is 0 Å². The minimum Gasteiger partial charge on any atom is -0.393 e. The van der Waals surface area contributed by atoms with Crippen molar-refractivity contribution in [1.82, 2.24) is 9.96 Å². The summed E-state index contributed by atoms with van der Waals surface area (Å²) in [7, 11) is 0. The van der Waals surface area contributed by atoms with E-state index in [1.54, 1.807) is 0 Å². The summed E-state index contributed by atoms with van der Waals surface area (Å²) in [4.78, 5) is 8.42. The highest BCUT2D eigenvalue weighted by Gasteiger charge is 2.28. The standard InChI is InChI=1S/C12H24N2O2/c1-10(2)13-6-5-12(9-13)16-14-7-3-11(15)4-8-14/h10-12,15H,3-9H2,1-2H3. The van der Waals surface area contributed by atoms with Crippen LogP contribution in [0.15, 0.2) is 0 Å². The van der Waals surface area contributed by atoms with Crippen LogP contribution in [-0.2, 0) is 4.84 Å². The van der Waals surface area contributed by atoms with Crippen LogP contribution >= 0.6 is 0 Å². The van der Waals surface area contributed by atoms with Crippen molar-refractivity contribution in [3.63, 3.8) is 0 Å². The van der Waals surface area contributed by atoms with Crippen molar-refractivity contribution in [2.75, 3.05) is 26.2 Å². The maximum Gasteiger partial charge on any atom is 0.0932 e. The van der Waals surface area contributed by atoms with E-state index >= 15 is 0 Å². The van der Waals surface area contributed by atoms with Crippen molar-refractivity contribution in [2.45, 2.75) is 51.4 Å². The zero-order valence-electron chi connectivity index (χ0n) is 10.4. The minimum atomic E-state index is -0.115. The van der Waals surface area contributed by atoms with Crippen LogP contribution in [0.4, 0.5) is 0 Å². The summed E-state index contributed by atoms with van der Waals surface area (Å²) in [5.74, 6) is 0. The number of hydrogen-bond acceptors (Lipinski definition) is 4. The Morgan fingerprint density at radius 3 is 2.38 bits per heavy atom. The summed E-state index contributed by atoms with van der Waals surface area (Å²) in [5, 5.41) is 11.5. The van der Waals surface area contributed by atoms with Crippen LogP contribution in [0.5, 0.6) is 0 Å². The topological polar surface area (TPSA) is 35.9 Å². The van der Waals surface area contributed by atoms with Gasteiger partial charge in [-0.2, -0.15) is 5.06 Å². The average molecular weight is 228 g/mol. The molecule has 2 rings (SSSR count). The van der Waals surface area contributed by atoms with Gasteiger partial charge in [0.1, 0.15) is 0 Å². The van der Waals surface area contributed by atoms with E-state index in [4.69, 9.17) is 4.84 Å². The number of hydrogen-bond donors (Lipinski definition) is 1. The lowest BCUT2D eigenvalue weighted by molar-refractivity contribution is -0.210. The Balaban J connectivity index is 1.71. The first-order valence-electron chi connectivity index (χ1n) is 6.49. The Hall–Kier alpha value is -0.160. The fourth-order valence-electron chi connectivity index (χ4n) is 2.47. The van der Waals surface area contributed by atoms with E-state index in [2.05, 4.69) is 18.7 Å². The van der Waals surface area contributed by atoms with Crippen LogP contribution in [0, 0.1) is 0 Å². The normalized spacial score (nSPS) is 30.4. The molecule has 0 aromatic heterocycles. The number of piperidine rings is 1. The molecule has 2 heterocycles. The maximum atomic E-state index is 9.41. The molecule has 16 heavy (non-hydrogen) atoms. The van der Waals surface area contributed by atoms with E-state index < -0.39 is 0 Å². The van der Waals surface area contributed by atoms with Gasteiger partial charge in [-0.15, -0.1) is 0 Å². The fourth-order valence-corrected chi connectivity index (χ4v) is 2.47. The molecular weight excluding hydrogens is 204 g/mol. The van der Waals surface area contributed by atoms with Gasteiger partial charge in [-0.05, 0) is 33.1 Å². The van der Waals surface area contributed by atoms with E-state index in [0.29, 0.717) is 12.1 Å². The molecular formula is C12H24N2O2. The third-order valence-electron chi connectivity index (χ3n) is 3.63. The molecule has 1 N–H and O–H groups in total. The predicted molar refractivity (Wildman–Crippen MR) is 63.0 cm³/mol. The molecule has 2 saturated heterocycles. The van der Waals surface area contributed by atoms with Crippen molar-refractivity contribution in [2.24, 2.45) is 0 Å². The Kier molecular flexibility index (Phi) is 4.19. The predicted octanol–water partition coefficient (Wildman–Crippen LogP) is 0.857. The molecule has 0 amide bonds. The van der Waals surface area contributed by atoms with Crippen LogP contribution < -0.4 is 0 Å². The summed E-state index contributed by atoms with van der Waals surface area (Å²) in [5.41, 5.74) is 0. The van der Waals surface area contributed by atoms with Gasteiger partial charge in [0.15, 0.2) is 0 Å². The van der Waals surface area contributed by atoms with E-state index in [1.807, 2.05) is 5.06 Å². The number of rotatable bonds is 3. The highest BCUT2D eigenvalue weighted by atomic mass is 16.7. The van der Waals surface area contributed by atoms with Crippen molar-refractivity contribution in [3.05, 3.63) is 0 Å². The zero-order chi connectivity index (χ0) is 11.5. The number of hydroxylamine groups is 2. The van der Waals surface area contributed by atoms with Crippen molar-refractivity contribution >= 4 is 0 Å². The molecule has 4 nitrogen and oxygen atoms in total. The number of nitrogens with zero attached hydrogens (tertiary/aromatic N) is 2. The van der Waals surface area contributed by atoms with Gasteiger partial charge in [0.2, 0.25) is 0 Å². The first-order valence-corrected chi connectivity index (χ1v) is 6.49. The molecule has 0 saturated carbocycles. The van der Waals surface area contributed by atoms with Gasteiger partial charge in [0.05, 0.1) is 12.2 Å². The summed E-state index contributed by atoms with van der Waals surface area (Å²) in [6.45, 7) is 8.42. The van der Waals surface area contributed by atoms with Gasteiger partial charge in [-0.1, -0.05) is 0 Å². The molecule has 2 aliphatic heterocycles. The Bertz CT molecular complexity index is 215. The fraction of sp³-hybridized carbons (Fsp3) is 1.00. The summed E-state index contributed by atoms with van der Waals surface area (Å²) in [6.07, 6.45) is 3.08. The van der Waals surface area contributed by atoms with Crippen LogP contribution in [0.1, 0.15) is 33.1 Å².